The lowest BCUT2D eigenvalue weighted by Gasteiger charge is -2.38. The highest BCUT2D eigenvalue weighted by Gasteiger charge is 2.39. The number of ether oxygens (including phenoxy) is 1. The summed E-state index contributed by atoms with van der Waals surface area (Å²) < 4.78 is 86.6. The minimum atomic E-state index is -2.25. The highest BCUT2D eigenvalue weighted by molar-refractivity contribution is 5.85. The maximum absolute atomic E-state index is 14.0. The molecule has 0 aromatic heterocycles. The second kappa shape index (κ2) is 7.75. The van der Waals surface area contributed by atoms with Gasteiger partial charge in [-0.05, 0) is 30.8 Å². The molecule has 1 aliphatic heterocycles. The molecule has 0 bridgehead atoms. The number of benzene rings is 2. The van der Waals surface area contributed by atoms with Crippen molar-refractivity contribution >= 4 is 12.4 Å². The van der Waals surface area contributed by atoms with Crippen LogP contribution >= 0.6 is 12.4 Å². The predicted octanol–water partition coefficient (Wildman–Crippen LogP) is 4.60. The maximum atomic E-state index is 14.0. The van der Waals surface area contributed by atoms with Gasteiger partial charge in [0.2, 0.25) is 29.1 Å². The lowest BCUT2D eigenvalue weighted by molar-refractivity contribution is 0.0232. The molecule has 9 heteroatoms. The zero-order chi connectivity index (χ0) is 18.2. The molecule has 26 heavy (non-hydrogen) atoms. The Morgan fingerprint density at radius 3 is 1.69 bits per heavy atom. The van der Waals surface area contributed by atoms with Crippen molar-refractivity contribution in [3.63, 3.8) is 0 Å². The monoisotopic (exact) mass is 397 g/mol. The van der Waals surface area contributed by atoms with Gasteiger partial charge in [0.25, 0.3) is 0 Å². The summed E-state index contributed by atoms with van der Waals surface area (Å²) in [7, 11) is 0. The first-order valence-corrected chi connectivity index (χ1v) is 7.53. The van der Waals surface area contributed by atoms with Gasteiger partial charge in [0.15, 0.2) is 5.75 Å². The van der Waals surface area contributed by atoms with Crippen molar-refractivity contribution in [2.45, 2.75) is 18.4 Å². The third kappa shape index (κ3) is 3.48. The van der Waals surface area contributed by atoms with Crippen LogP contribution in [0.15, 0.2) is 24.3 Å². The van der Waals surface area contributed by atoms with E-state index in [1.165, 1.54) is 12.1 Å². The fourth-order valence-electron chi connectivity index (χ4n) is 2.90. The molecule has 3 rings (SSSR count). The first-order valence-electron chi connectivity index (χ1n) is 7.53. The lowest BCUT2D eigenvalue weighted by Crippen LogP contribution is -2.44. The Bertz CT molecular complexity index is 764. The van der Waals surface area contributed by atoms with Crippen molar-refractivity contribution in [2.75, 3.05) is 13.1 Å². The van der Waals surface area contributed by atoms with Gasteiger partial charge in [-0.1, -0.05) is 12.1 Å². The Hall–Kier alpha value is -1.93. The van der Waals surface area contributed by atoms with Crippen LogP contribution < -0.4 is 10.1 Å². The van der Waals surface area contributed by atoms with Crippen molar-refractivity contribution in [1.82, 2.24) is 5.32 Å². The molecule has 1 aliphatic rings. The van der Waals surface area contributed by atoms with Gasteiger partial charge in [-0.15, -0.1) is 12.4 Å². The molecule has 1 N–H and O–H groups in total. The summed E-state index contributed by atoms with van der Waals surface area (Å²) in [6, 6.07) is 5.02. The number of hydrogen-bond acceptors (Lipinski definition) is 2. The van der Waals surface area contributed by atoms with E-state index in [1.54, 1.807) is 0 Å². The molecular weight excluding hydrogens is 384 g/mol. The van der Waals surface area contributed by atoms with Crippen molar-refractivity contribution in [3.8, 4) is 5.75 Å². The number of piperidine rings is 1. The zero-order valence-electron chi connectivity index (χ0n) is 13.2. The third-order valence-corrected chi connectivity index (χ3v) is 4.25. The smallest absolute Gasteiger partial charge is 0.207 e. The summed E-state index contributed by atoms with van der Waals surface area (Å²) in [6.45, 7) is 0.791. The molecule has 1 fully saturated rings. The van der Waals surface area contributed by atoms with E-state index in [2.05, 4.69) is 5.32 Å². The number of nitrogens with one attached hydrogen (secondary N) is 1. The fraction of sp³-hybridized carbons (Fsp3) is 0.294. The van der Waals surface area contributed by atoms with Crippen LogP contribution in [-0.2, 0) is 5.60 Å². The van der Waals surface area contributed by atoms with Crippen LogP contribution in [0.4, 0.5) is 26.3 Å². The van der Waals surface area contributed by atoms with Gasteiger partial charge in [-0.25, -0.2) is 17.6 Å². The number of rotatable bonds is 3. The SMILES string of the molecule is Cl.Fc1ccc(C2(Oc3c(F)c(F)c(F)c(F)c3F)CCNCC2)cc1. The van der Waals surface area contributed by atoms with E-state index in [1.807, 2.05) is 0 Å². The first kappa shape index (κ1) is 20.4. The van der Waals surface area contributed by atoms with Gasteiger partial charge in [0.1, 0.15) is 11.4 Å². The largest absolute Gasteiger partial charge is 0.476 e. The lowest BCUT2D eigenvalue weighted by atomic mass is 9.84. The molecule has 0 unspecified atom stereocenters. The van der Waals surface area contributed by atoms with Crippen LogP contribution in [0.1, 0.15) is 18.4 Å². The Balaban J connectivity index is 0.00000243. The number of hydrogen-bond donors (Lipinski definition) is 1. The minimum absolute atomic E-state index is 0. The van der Waals surface area contributed by atoms with E-state index >= 15 is 0 Å². The Morgan fingerprint density at radius 2 is 1.19 bits per heavy atom. The Kier molecular flexibility index (Phi) is 6.08. The van der Waals surface area contributed by atoms with Crippen molar-refractivity contribution in [1.29, 1.82) is 0 Å². The summed E-state index contributed by atoms with van der Waals surface area (Å²) in [5, 5.41) is 3.02. The molecule has 1 saturated heterocycles. The van der Waals surface area contributed by atoms with Crippen LogP contribution in [0.2, 0.25) is 0 Å². The van der Waals surface area contributed by atoms with Crippen LogP contribution in [0.3, 0.4) is 0 Å². The standard InChI is InChI=1S/C17H13F6NO.ClH/c18-10-3-1-9(2-4-10)17(5-7-24-8-6-17)25-16-14(22)12(20)11(19)13(21)15(16)23;/h1-4,24H,5-8H2;1H. The van der Waals surface area contributed by atoms with Crippen molar-refractivity contribution < 1.29 is 31.1 Å². The molecule has 2 aromatic rings. The Morgan fingerprint density at radius 1 is 0.731 bits per heavy atom. The van der Waals surface area contributed by atoms with E-state index in [-0.39, 0.29) is 25.2 Å². The molecule has 0 radical (unpaired) electrons. The van der Waals surface area contributed by atoms with Crippen molar-refractivity contribution in [2.24, 2.45) is 0 Å². The number of halogens is 7. The predicted molar refractivity (Wildman–Crippen MR) is 84.3 cm³/mol. The van der Waals surface area contributed by atoms with Gasteiger partial charge in [-0.3, -0.25) is 0 Å². The first-order chi connectivity index (χ1) is 11.9. The second-order valence-electron chi connectivity index (χ2n) is 5.75. The van der Waals surface area contributed by atoms with Gasteiger partial charge in [0.05, 0.1) is 0 Å². The zero-order valence-corrected chi connectivity index (χ0v) is 14.0. The average molecular weight is 398 g/mol. The molecule has 0 atom stereocenters. The van der Waals surface area contributed by atoms with Gasteiger partial charge >= 0.3 is 0 Å². The Labute approximate surface area is 151 Å². The van der Waals surface area contributed by atoms with E-state index in [9.17, 15) is 26.3 Å². The van der Waals surface area contributed by atoms with Crippen LogP contribution in [0.25, 0.3) is 0 Å². The molecule has 2 aromatic carbocycles. The molecule has 1 heterocycles. The van der Waals surface area contributed by atoms with Gasteiger partial charge < -0.3 is 10.1 Å². The normalized spacial score (nSPS) is 16.1. The highest BCUT2D eigenvalue weighted by Crippen LogP contribution is 2.39. The minimum Gasteiger partial charge on any atom is -0.476 e. The molecule has 142 valence electrons. The van der Waals surface area contributed by atoms with E-state index in [0.717, 1.165) is 12.1 Å². The highest BCUT2D eigenvalue weighted by atomic mass is 35.5. The van der Waals surface area contributed by atoms with Gasteiger partial charge in [-0.2, -0.15) is 8.78 Å². The van der Waals surface area contributed by atoms with E-state index in [0.29, 0.717) is 18.7 Å². The second-order valence-corrected chi connectivity index (χ2v) is 5.75. The molecule has 0 amide bonds. The average Bonchev–Trinajstić information content (AvgIpc) is 2.63. The summed E-state index contributed by atoms with van der Waals surface area (Å²) in [5.74, 6) is -12.3. The third-order valence-electron chi connectivity index (χ3n) is 4.25. The van der Waals surface area contributed by atoms with Crippen LogP contribution in [0, 0.1) is 34.9 Å². The topological polar surface area (TPSA) is 21.3 Å². The summed E-state index contributed by atoms with van der Waals surface area (Å²) in [5.41, 5.74) is -0.948. The van der Waals surface area contributed by atoms with E-state index in [4.69, 9.17) is 4.74 Å². The molecule has 0 saturated carbocycles. The summed E-state index contributed by atoms with van der Waals surface area (Å²) in [6.07, 6.45) is 0.413. The maximum Gasteiger partial charge on any atom is 0.207 e. The molecule has 2 nitrogen and oxygen atoms in total. The van der Waals surface area contributed by atoms with Crippen LogP contribution in [-0.4, -0.2) is 13.1 Å². The van der Waals surface area contributed by atoms with Gasteiger partial charge in [0, 0.05) is 12.8 Å². The van der Waals surface area contributed by atoms with Crippen LogP contribution in [0.5, 0.6) is 5.75 Å². The molecule has 0 aliphatic carbocycles. The summed E-state index contributed by atoms with van der Waals surface area (Å²) >= 11 is 0. The molecule has 0 spiro atoms. The quantitative estimate of drug-likeness (QED) is 0.464. The van der Waals surface area contributed by atoms with Crippen molar-refractivity contribution in [3.05, 3.63) is 64.7 Å². The van der Waals surface area contributed by atoms with E-state index < -0.39 is 46.3 Å². The molecular formula is C17H14ClF6NO. The fourth-order valence-corrected chi connectivity index (χ4v) is 2.90. The summed E-state index contributed by atoms with van der Waals surface area (Å²) in [4.78, 5) is 0.